The van der Waals surface area contributed by atoms with Crippen LogP contribution in [0.2, 0.25) is 0 Å². The van der Waals surface area contributed by atoms with Gasteiger partial charge in [-0.15, -0.1) is 0 Å². The highest BCUT2D eigenvalue weighted by Gasteiger charge is 2.21. The van der Waals surface area contributed by atoms with Crippen LogP contribution in [0.4, 0.5) is 0 Å². The maximum Gasteiger partial charge on any atom is 0.0650 e. The number of H-pyrrole nitrogens is 1. The lowest BCUT2D eigenvalue weighted by molar-refractivity contribution is 0.231. The highest BCUT2D eigenvalue weighted by atomic mass is 15.1. The summed E-state index contributed by atoms with van der Waals surface area (Å²) in [5, 5.41) is 7.70. The minimum absolute atomic E-state index is 0.503. The van der Waals surface area contributed by atoms with Gasteiger partial charge >= 0.3 is 0 Å². The highest BCUT2D eigenvalue weighted by Crippen LogP contribution is 2.28. The average Bonchev–Trinajstić information content (AvgIpc) is 3.07. The summed E-state index contributed by atoms with van der Waals surface area (Å²) in [5.74, 6) is 1.15. The van der Waals surface area contributed by atoms with Crippen molar-refractivity contribution >= 4 is 6.08 Å². The van der Waals surface area contributed by atoms with Gasteiger partial charge in [-0.05, 0) is 43.5 Å². The number of benzene rings is 1. The molecule has 1 N–H and O–H groups in total. The number of nitrogens with one attached hydrogen (secondary N) is 1. The Kier molecular flexibility index (Phi) is 5.29. The number of likely N-dealkylation sites (tertiary alicyclic amines) is 1. The van der Waals surface area contributed by atoms with E-state index in [1.165, 1.54) is 42.9 Å². The highest BCUT2D eigenvalue weighted by molar-refractivity contribution is 5.48. The number of piperidine rings is 1. The Morgan fingerprint density at radius 2 is 1.96 bits per heavy atom. The minimum atomic E-state index is 0.503. The Hall–Kier alpha value is -1.87. The van der Waals surface area contributed by atoms with Gasteiger partial charge in [0.25, 0.3) is 0 Å². The number of nitrogens with zero attached hydrogens (tertiary/aromatic N) is 2. The van der Waals surface area contributed by atoms with Crippen molar-refractivity contribution < 1.29 is 0 Å². The van der Waals surface area contributed by atoms with E-state index in [-0.39, 0.29) is 0 Å². The third-order valence-electron chi connectivity index (χ3n) is 4.71. The predicted octanol–water partition coefficient (Wildman–Crippen LogP) is 4.43. The van der Waals surface area contributed by atoms with Gasteiger partial charge in [0.05, 0.1) is 5.69 Å². The van der Waals surface area contributed by atoms with E-state index in [9.17, 15) is 0 Å². The molecule has 1 aromatic heterocycles. The molecule has 0 aliphatic carbocycles. The Balaban J connectivity index is 1.47. The summed E-state index contributed by atoms with van der Waals surface area (Å²) < 4.78 is 0. The quantitative estimate of drug-likeness (QED) is 0.886. The largest absolute Gasteiger partial charge is 0.300 e. The molecule has 2 heterocycles. The zero-order valence-corrected chi connectivity index (χ0v) is 14.2. The first-order valence-corrected chi connectivity index (χ1v) is 8.71. The summed E-state index contributed by atoms with van der Waals surface area (Å²) >= 11 is 0. The molecule has 1 aliphatic rings. The molecule has 1 aliphatic heterocycles. The van der Waals surface area contributed by atoms with Gasteiger partial charge in [-0.25, -0.2) is 0 Å². The molecule has 0 saturated carbocycles. The molecular weight excluding hydrogens is 282 g/mol. The molecule has 1 saturated heterocycles. The molecule has 0 spiro atoms. The lowest BCUT2D eigenvalue weighted by atomic mass is 9.93. The first-order chi connectivity index (χ1) is 11.2. The van der Waals surface area contributed by atoms with Crippen LogP contribution >= 0.6 is 0 Å². The summed E-state index contributed by atoms with van der Waals surface area (Å²) in [7, 11) is 0. The number of rotatable bonds is 5. The molecule has 3 heteroatoms. The van der Waals surface area contributed by atoms with Gasteiger partial charge < -0.3 is 0 Å². The monoisotopic (exact) mass is 309 g/mol. The lowest BCUT2D eigenvalue weighted by Crippen LogP contribution is -2.33. The molecule has 3 nitrogen and oxygen atoms in total. The zero-order chi connectivity index (χ0) is 16.1. The van der Waals surface area contributed by atoms with Crippen molar-refractivity contribution in [2.24, 2.45) is 0 Å². The van der Waals surface area contributed by atoms with Crippen molar-refractivity contribution in [3.8, 4) is 0 Å². The molecule has 3 rings (SSSR count). The van der Waals surface area contributed by atoms with Gasteiger partial charge in [-0.2, -0.15) is 5.10 Å². The maximum atomic E-state index is 4.44. The first kappa shape index (κ1) is 16.0. The molecule has 2 aromatic rings. The smallest absolute Gasteiger partial charge is 0.0650 e. The molecule has 122 valence electrons. The van der Waals surface area contributed by atoms with Crippen LogP contribution in [0.5, 0.6) is 0 Å². The van der Waals surface area contributed by atoms with E-state index in [2.05, 4.69) is 77.5 Å². The van der Waals surface area contributed by atoms with Crippen LogP contribution in [0.3, 0.4) is 0 Å². The average molecular weight is 309 g/mol. The van der Waals surface area contributed by atoms with Gasteiger partial charge in [-0.1, -0.05) is 56.3 Å². The summed E-state index contributed by atoms with van der Waals surface area (Å²) in [5.41, 5.74) is 3.79. The van der Waals surface area contributed by atoms with Crippen LogP contribution < -0.4 is 0 Å². The number of aromatic amines is 1. The maximum absolute atomic E-state index is 4.44. The molecule has 0 unspecified atom stereocenters. The van der Waals surface area contributed by atoms with Crippen molar-refractivity contribution in [3.05, 3.63) is 59.4 Å². The van der Waals surface area contributed by atoms with Crippen LogP contribution in [-0.4, -0.2) is 34.7 Å². The second kappa shape index (κ2) is 7.60. The van der Waals surface area contributed by atoms with E-state index in [1.54, 1.807) is 0 Å². The SMILES string of the molecule is CC(C)c1cc(C2CCN(CC=Cc3ccccc3)CC2)[nH]n1. The van der Waals surface area contributed by atoms with Crippen LogP contribution in [0.25, 0.3) is 6.08 Å². The van der Waals surface area contributed by atoms with Gasteiger partial charge in [0.1, 0.15) is 0 Å². The number of aromatic nitrogens is 2. The van der Waals surface area contributed by atoms with Crippen molar-refractivity contribution in [2.45, 2.75) is 38.5 Å². The van der Waals surface area contributed by atoms with Crippen molar-refractivity contribution in [2.75, 3.05) is 19.6 Å². The third kappa shape index (κ3) is 4.32. The van der Waals surface area contributed by atoms with Crippen molar-refractivity contribution in [1.29, 1.82) is 0 Å². The second-order valence-electron chi connectivity index (χ2n) is 6.79. The summed E-state index contributed by atoms with van der Waals surface area (Å²) in [4.78, 5) is 2.54. The van der Waals surface area contributed by atoms with E-state index < -0.39 is 0 Å². The Bertz CT molecular complexity index is 619. The molecule has 0 radical (unpaired) electrons. The molecule has 1 fully saturated rings. The van der Waals surface area contributed by atoms with Crippen LogP contribution in [0, 0.1) is 0 Å². The molecule has 23 heavy (non-hydrogen) atoms. The van der Waals surface area contributed by atoms with E-state index in [4.69, 9.17) is 0 Å². The van der Waals surface area contributed by atoms with Crippen LogP contribution in [-0.2, 0) is 0 Å². The Labute approximate surface area is 139 Å². The molecule has 0 atom stereocenters. The second-order valence-corrected chi connectivity index (χ2v) is 6.79. The Morgan fingerprint density at radius 1 is 1.22 bits per heavy atom. The van der Waals surface area contributed by atoms with E-state index in [1.807, 2.05) is 0 Å². The summed E-state index contributed by atoms with van der Waals surface area (Å²) in [6.45, 7) is 7.77. The van der Waals surface area contributed by atoms with E-state index in [0.29, 0.717) is 11.8 Å². The first-order valence-electron chi connectivity index (χ1n) is 8.71. The van der Waals surface area contributed by atoms with E-state index >= 15 is 0 Å². The fourth-order valence-corrected chi connectivity index (χ4v) is 3.19. The molecular formula is C20H27N3. The minimum Gasteiger partial charge on any atom is -0.300 e. The molecule has 0 amide bonds. The summed E-state index contributed by atoms with van der Waals surface area (Å²) in [6.07, 6.45) is 6.94. The van der Waals surface area contributed by atoms with E-state index in [0.717, 1.165) is 6.54 Å². The van der Waals surface area contributed by atoms with Gasteiger partial charge in [0, 0.05) is 18.2 Å². The van der Waals surface area contributed by atoms with Crippen molar-refractivity contribution in [3.63, 3.8) is 0 Å². The van der Waals surface area contributed by atoms with Gasteiger partial charge in [0.2, 0.25) is 0 Å². The molecule has 0 bridgehead atoms. The fourth-order valence-electron chi connectivity index (χ4n) is 3.19. The Morgan fingerprint density at radius 3 is 2.61 bits per heavy atom. The standard InChI is InChI=1S/C20H27N3/c1-16(2)19-15-20(22-21-19)18-10-13-23(14-11-18)12-6-9-17-7-4-3-5-8-17/h3-9,15-16,18H,10-14H2,1-2H3,(H,21,22). The van der Waals surface area contributed by atoms with Crippen LogP contribution in [0.1, 0.15) is 55.5 Å². The molecule has 1 aromatic carbocycles. The van der Waals surface area contributed by atoms with Crippen molar-refractivity contribution in [1.82, 2.24) is 15.1 Å². The fraction of sp³-hybridized carbons (Fsp3) is 0.450. The normalized spacial score (nSPS) is 17.3. The van der Waals surface area contributed by atoms with Gasteiger partial charge in [-0.3, -0.25) is 10.00 Å². The third-order valence-corrected chi connectivity index (χ3v) is 4.71. The van der Waals surface area contributed by atoms with Crippen LogP contribution in [0.15, 0.2) is 42.5 Å². The summed E-state index contributed by atoms with van der Waals surface area (Å²) in [6, 6.07) is 12.8. The van der Waals surface area contributed by atoms with Gasteiger partial charge in [0.15, 0.2) is 0 Å². The zero-order valence-electron chi connectivity index (χ0n) is 14.2. The number of hydrogen-bond donors (Lipinski definition) is 1. The predicted molar refractivity (Wildman–Crippen MR) is 96.6 cm³/mol. The lowest BCUT2D eigenvalue weighted by Gasteiger charge is -2.30. The number of hydrogen-bond acceptors (Lipinski definition) is 2. The topological polar surface area (TPSA) is 31.9 Å².